The van der Waals surface area contributed by atoms with Crippen LogP contribution >= 0.6 is 0 Å². The number of aryl methyl sites for hydroxylation is 1. The minimum absolute atomic E-state index is 0.222. The molecule has 0 aliphatic rings. The van der Waals surface area contributed by atoms with Gasteiger partial charge in [-0.15, -0.1) is 0 Å². The van der Waals surface area contributed by atoms with E-state index in [1.807, 2.05) is 32.0 Å². The topological polar surface area (TPSA) is 61.1 Å². The molecule has 0 aliphatic heterocycles. The van der Waals surface area contributed by atoms with Gasteiger partial charge in [-0.1, -0.05) is 19.9 Å². The first-order chi connectivity index (χ1) is 6.90. The van der Waals surface area contributed by atoms with Gasteiger partial charge in [0.1, 0.15) is 10.1 Å². The van der Waals surface area contributed by atoms with Crippen molar-refractivity contribution < 1.29 is 17.5 Å². The van der Waals surface area contributed by atoms with Crippen LogP contribution < -0.4 is 4.57 Å². The summed E-state index contributed by atoms with van der Waals surface area (Å²) in [5, 5.41) is 0. The molecule has 0 saturated carbocycles. The normalized spacial score (nSPS) is 12.0. The van der Waals surface area contributed by atoms with Crippen LogP contribution in [0.15, 0.2) is 24.4 Å². The second-order valence-corrected chi connectivity index (χ2v) is 5.26. The largest absolute Gasteiger partial charge is 0.748 e. The molecule has 0 bridgehead atoms. The summed E-state index contributed by atoms with van der Waals surface area (Å²) in [6, 6.07) is 5.66. The zero-order valence-electron chi connectivity index (χ0n) is 8.88. The fraction of sp³-hybridized carbons (Fsp3) is 0.500. The zero-order valence-corrected chi connectivity index (χ0v) is 9.70. The van der Waals surface area contributed by atoms with Gasteiger partial charge in [0.15, 0.2) is 18.4 Å². The second kappa shape index (κ2) is 4.72. The Morgan fingerprint density at radius 3 is 2.60 bits per heavy atom. The van der Waals surface area contributed by atoms with Gasteiger partial charge in [-0.25, -0.2) is 13.0 Å². The summed E-state index contributed by atoms with van der Waals surface area (Å²) in [5.41, 5.74) is 1.03. The lowest BCUT2D eigenvalue weighted by atomic mass is 10.1. The molecule has 15 heavy (non-hydrogen) atoms. The maximum absolute atomic E-state index is 10.5. The summed E-state index contributed by atoms with van der Waals surface area (Å²) >= 11 is 0. The van der Waals surface area contributed by atoms with Crippen molar-refractivity contribution in [2.45, 2.75) is 26.3 Å². The van der Waals surface area contributed by atoms with Crippen molar-refractivity contribution in [3.63, 3.8) is 0 Å². The van der Waals surface area contributed by atoms with Crippen LogP contribution in [0.25, 0.3) is 0 Å². The lowest BCUT2D eigenvalue weighted by Crippen LogP contribution is -2.41. The number of rotatable bonds is 4. The Kier molecular flexibility index (Phi) is 3.82. The zero-order chi connectivity index (χ0) is 11.5. The third-order valence-corrected chi connectivity index (χ3v) is 2.83. The lowest BCUT2D eigenvalue weighted by molar-refractivity contribution is -0.700. The first-order valence-corrected chi connectivity index (χ1v) is 6.40. The predicted octanol–water partition coefficient (Wildman–Crippen LogP) is 0.643. The van der Waals surface area contributed by atoms with Crippen LogP contribution in [0.2, 0.25) is 0 Å². The molecule has 0 N–H and O–H groups in total. The van der Waals surface area contributed by atoms with E-state index in [9.17, 15) is 13.0 Å². The highest BCUT2D eigenvalue weighted by atomic mass is 32.2. The predicted molar refractivity (Wildman–Crippen MR) is 55.3 cm³/mol. The molecule has 0 saturated heterocycles. The number of pyridine rings is 1. The van der Waals surface area contributed by atoms with Gasteiger partial charge in [-0.05, 0) is 0 Å². The van der Waals surface area contributed by atoms with E-state index in [1.165, 1.54) is 0 Å². The van der Waals surface area contributed by atoms with Crippen molar-refractivity contribution in [2.75, 3.05) is 5.75 Å². The van der Waals surface area contributed by atoms with E-state index < -0.39 is 10.1 Å². The fourth-order valence-corrected chi connectivity index (χ4v) is 1.85. The average Bonchev–Trinajstić information content (AvgIpc) is 2.14. The van der Waals surface area contributed by atoms with Gasteiger partial charge in [-0.3, -0.25) is 0 Å². The SMILES string of the molecule is CC(C)c1cccc[n+]1CCS(=O)(=O)[O-]. The van der Waals surface area contributed by atoms with Crippen LogP contribution in [-0.4, -0.2) is 18.7 Å². The highest BCUT2D eigenvalue weighted by Crippen LogP contribution is 2.07. The molecule has 1 rings (SSSR count). The molecule has 0 atom stereocenters. The Hall–Kier alpha value is -0.940. The average molecular weight is 229 g/mol. The van der Waals surface area contributed by atoms with Crippen molar-refractivity contribution in [3.05, 3.63) is 30.1 Å². The van der Waals surface area contributed by atoms with E-state index in [-0.39, 0.29) is 12.3 Å². The van der Waals surface area contributed by atoms with Crippen LogP contribution in [-0.2, 0) is 16.7 Å². The highest BCUT2D eigenvalue weighted by molar-refractivity contribution is 7.85. The van der Waals surface area contributed by atoms with E-state index in [4.69, 9.17) is 0 Å². The molecule has 0 aromatic carbocycles. The van der Waals surface area contributed by atoms with Crippen molar-refractivity contribution in [2.24, 2.45) is 0 Å². The lowest BCUT2D eigenvalue weighted by Gasteiger charge is -2.08. The van der Waals surface area contributed by atoms with E-state index in [0.717, 1.165) is 5.69 Å². The highest BCUT2D eigenvalue weighted by Gasteiger charge is 2.13. The Balaban J connectivity index is 2.85. The third kappa shape index (κ3) is 3.97. The molecule has 0 unspecified atom stereocenters. The van der Waals surface area contributed by atoms with Crippen LogP contribution in [0.1, 0.15) is 25.5 Å². The molecule has 4 nitrogen and oxygen atoms in total. The van der Waals surface area contributed by atoms with Crippen LogP contribution in [0.5, 0.6) is 0 Å². The minimum atomic E-state index is -4.14. The maximum Gasteiger partial charge on any atom is 0.183 e. The standard InChI is InChI=1S/C10H15NO3S/c1-9(2)10-5-3-4-6-11(10)7-8-15(12,13)14/h3-6,9H,7-8H2,1-2H3. The number of hydrogen-bond donors (Lipinski definition) is 0. The van der Waals surface area contributed by atoms with E-state index in [1.54, 1.807) is 10.8 Å². The third-order valence-electron chi connectivity index (χ3n) is 2.15. The Labute approximate surface area is 90.3 Å². The van der Waals surface area contributed by atoms with E-state index in [0.29, 0.717) is 5.92 Å². The quantitative estimate of drug-likeness (QED) is 0.562. The summed E-state index contributed by atoms with van der Waals surface area (Å²) < 4.78 is 33.4. The van der Waals surface area contributed by atoms with Gasteiger partial charge in [0, 0.05) is 18.1 Å². The molecule has 0 radical (unpaired) electrons. The van der Waals surface area contributed by atoms with E-state index in [2.05, 4.69) is 0 Å². The molecule has 84 valence electrons. The summed E-state index contributed by atoms with van der Waals surface area (Å²) in [7, 11) is -4.14. The molecular weight excluding hydrogens is 214 g/mol. The Bertz CT molecular complexity index is 426. The molecule has 0 fully saturated rings. The molecule has 0 spiro atoms. The minimum Gasteiger partial charge on any atom is -0.748 e. The molecule has 1 aromatic heterocycles. The van der Waals surface area contributed by atoms with Crippen molar-refractivity contribution in [1.82, 2.24) is 0 Å². The summed E-state index contributed by atoms with van der Waals surface area (Å²) in [6.45, 7) is 4.27. The maximum atomic E-state index is 10.5. The number of hydrogen-bond acceptors (Lipinski definition) is 3. The number of aromatic nitrogens is 1. The molecule has 0 amide bonds. The van der Waals surface area contributed by atoms with Crippen LogP contribution in [0.4, 0.5) is 0 Å². The molecule has 0 aliphatic carbocycles. The Morgan fingerprint density at radius 2 is 2.07 bits per heavy atom. The monoisotopic (exact) mass is 229 g/mol. The molecule has 1 aromatic rings. The summed E-state index contributed by atoms with van der Waals surface area (Å²) in [4.78, 5) is 0. The first-order valence-electron chi connectivity index (χ1n) is 4.82. The molecule has 5 heteroatoms. The first kappa shape index (κ1) is 12.1. The summed E-state index contributed by atoms with van der Waals surface area (Å²) in [5.74, 6) is -0.0537. The molecule has 1 heterocycles. The van der Waals surface area contributed by atoms with Gasteiger partial charge >= 0.3 is 0 Å². The van der Waals surface area contributed by atoms with E-state index >= 15 is 0 Å². The van der Waals surface area contributed by atoms with Gasteiger partial charge in [0.05, 0.1) is 5.75 Å². The van der Waals surface area contributed by atoms with Gasteiger partial charge in [-0.2, -0.15) is 0 Å². The van der Waals surface area contributed by atoms with Crippen LogP contribution in [0.3, 0.4) is 0 Å². The fourth-order valence-electron chi connectivity index (χ4n) is 1.43. The smallest absolute Gasteiger partial charge is 0.183 e. The van der Waals surface area contributed by atoms with Crippen molar-refractivity contribution in [3.8, 4) is 0 Å². The van der Waals surface area contributed by atoms with Gasteiger partial charge < -0.3 is 4.55 Å². The van der Waals surface area contributed by atoms with Gasteiger partial charge in [0.2, 0.25) is 0 Å². The van der Waals surface area contributed by atoms with Crippen molar-refractivity contribution in [1.29, 1.82) is 0 Å². The second-order valence-electron chi connectivity index (χ2n) is 3.74. The summed E-state index contributed by atoms with van der Waals surface area (Å²) in [6.07, 6.45) is 1.79. The Morgan fingerprint density at radius 1 is 1.40 bits per heavy atom. The number of nitrogens with zero attached hydrogens (tertiary/aromatic N) is 1. The van der Waals surface area contributed by atoms with Crippen LogP contribution in [0, 0.1) is 0 Å². The molecular formula is C10H15NO3S. The van der Waals surface area contributed by atoms with Crippen molar-refractivity contribution >= 4 is 10.1 Å². The van der Waals surface area contributed by atoms with Gasteiger partial charge in [0.25, 0.3) is 0 Å².